The third-order valence-electron chi connectivity index (χ3n) is 1.42. The SMILES string of the molecule is OC(O)c1ccn(OCCOC(F)(F)F)n1. The zero-order valence-corrected chi connectivity index (χ0v) is 7.89. The van der Waals surface area contributed by atoms with Gasteiger partial charge < -0.3 is 15.1 Å². The van der Waals surface area contributed by atoms with E-state index in [2.05, 4.69) is 9.84 Å². The molecule has 0 aliphatic heterocycles. The predicted molar refractivity (Wildman–Crippen MR) is 42.9 cm³/mol. The molecule has 1 rings (SSSR count). The number of rotatable bonds is 5. The Bertz CT molecular complexity index is 326. The number of aliphatic hydroxyl groups is 2. The van der Waals surface area contributed by atoms with Crippen molar-refractivity contribution in [2.45, 2.75) is 12.7 Å². The zero-order chi connectivity index (χ0) is 12.2. The van der Waals surface area contributed by atoms with Crippen LogP contribution in [0, 0.1) is 0 Å². The Morgan fingerprint density at radius 3 is 2.56 bits per heavy atom. The van der Waals surface area contributed by atoms with Crippen molar-refractivity contribution in [2.75, 3.05) is 13.2 Å². The zero-order valence-electron chi connectivity index (χ0n) is 7.89. The van der Waals surface area contributed by atoms with Gasteiger partial charge in [0.15, 0.2) is 6.29 Å². The van der Waals surface area contributed by atoms with Crippen molar-refractivity contribution in [1.29, 1.82) is 0 Å². The number of aromatic nitrogens is 2. The molecule has 0 bridgehead atoms. The van der Waals surface area contributed by atoms with Crippen molar-refractivity contribution in [2.24, 2.45) is 0 Å². The highest BCUT2D eigenvalue weighted by Crippen LogP contribution is 2.15. The van der Waals surface area contributed by atoms with Gasteiger partial charge in [0.05, 0.1) is 12.8 Å². The number of nitrogens with zero attached hydrogens (tertiary/aromatic N) is 2. The molecule has 0 aliphatic rings. The molecular weight excluding hydrogens is 233 g/mol. The fraction of sp³-hybridized carbons (Fsp3) is 0.571. The van der Waals surface area contributed by atoms with Gasteiger partial charge in [0, 0.05) is 0 Å². The lowest BCUT2D eigenvalue weighted by Crippen LogP contribution is -2.22. The lowest BCUT2D eigenvalue weighted by molar-refractivity contribution is -0.327. The molecule has 0 atom stereocenters. The van der Waals surface area contributed by atoms with E-state index in [1.807, 2.05) is 0 Å². The summed E-state index contributed by atoms with van der Waals surface area (Å²) >= 11 is 0. The summed E-state index contributed by atoms with van der Waals surface area (Å²) in [6, 6.07) is 1.25. The van der Waals surface area contributed by atoms with Gasteiger partial charge in [0.25, 0.3) is 0 Å². The molecule has 0 amide bonds. The third-order valence-corrected chi connectivity index (χ3v) is 1.42. The van der Waals surface area contributed by atoms with Crippen molar-refractivity contribution in [3.05, 3.63) is 18.0 Å². The number of ether oxygens (including phenoxy) is 1. The minimum atomic E-state index is -4.69. The van der Waals surface area contributed by atoms with Gasteiger partial charge in [0.1, 0.15) is 12.3 Å². The van der Waals surface area contributed by atoms with Crippen molar-refractivity contribution in [3.63, 3.8) is 0 Å². The fourth-order valence-electron chi connectivity index (χ4n) is 0.818. The quantitative estimate of drug-likeness (QED) is 0.553. The minimum absolute atomic E-state index is 0.0725. The van der Waals surface area contributed by atoms with E-state index in [4.69, 9.17) is 15.1 Å². The molecule has 0 saturated carbocycles. The van der Waals surface area contributed by atoms with Crippen LogP contribution in [0.1, 0.15) is 12.0 Å². The van der Waals surface area contributed by atoms with Gasteiger partial charge in [-0.15, -0.1) is 23.1 Å². The molecule has 16 heavy (non-hydrogen) atoms. The lowest BCUT2D eigenvalue weighted by atomic mass is 10.4. The molecule has 1 aromatic rings. The Hall–Kier alpha value is -1.32. The molecule has 1 aromatic heterocycles. The first-order valence-corrected chi connectivity index (χ1v) is 4.14. The maximum Gasteiger partial charge on any atom is 0.522 e. The summed E-state index contributed by atoms with van der Waals surface area (Å²) in [5, 5.41) is 20.8. The Labute approximate surface area is 87.8 Å². The van der Waals surface area contributed by atoms with Crippen LogP contribution in [0.3, 0.4) is 0 Å². The Morgan fingerprint density at radius 1 is 1.38 bits per heavy atom. The topological polar surface area (TPSA) is 76.7 Å². The second-order valence-corrected chi connectivity index (χ2v) is 2.64. The molecule has 0 fully saturated rings. The summed E-state index contributed by atoms with van der Waals surface area (Å²) < 4.78 is 38.0. The molecule has 6 nitrogen and oxygen atoms in total. The van der Waals surface area contributed by atoms with Gasteiger partial charge in [-0.1, -0.05) is 0 Å². The van der Waals surface area contributed by atoms with Gasteiger partial charge in [0.2, 0.25) is 0 Å². The fourth-order valence-corrected chi connectivity index (χ4v) is 0.818. The second kappa shape index (κ2) is 5.14. The number of aliphatic hydroxyl groups excluding tert-OH is 1. The van der Waals surface area contributed by atoms with Gasteiger partial charge in [-0.05, 0) is 6.07 Å². The van der Waals surface area contributed by atoms with E-state index in [9.17, 15) is 13.2 Å². The van der Waals surface area contributed by atoms with Crippen molar-refractivity contribution >= 4 is 0 Å². The summed E-state index contributed by atoms with van der Waals surface area (Å²) in [6.45, 7) is -1.05. The average molecular weight is 242 g/mol. The smallest absolute Gasteiger partial charge is 0.394 e. The standard InChI is InChI=1S/C7H9F3N2O4/c8-7(9,10)15-3-4-16-12-2-1-5(11-12)6(13)14/h1-2,6,13-14H,3-4H2. The predicted octanol–water partition coefficient (Wildman–Crippen LogP) is -0.169. The molecule has 9 heteroatoms. The highest BCUT2D eigenvalue weighted by Gasteiger charge is 2.28. The van der Waals surface area contributed by atoms with Crippen molar-refractivity contribution in [3.8, 4) is 0 Å². The van der Waals surface area contributed by atoms with Gasteiger partial charge in [-0.2, -0.15) is 0 Å². The molecule has 1 heterocycles. The summed E-state index contributed by atoms with van der Waals surface area (Å²) in [5.74, 6) is 0. The van der Waals surface area contributed by atoms with E-state index < -0.39 is 19.3 Å². The Kier molecular flexibility index (Phi) is 4.10. The van der Waals surface area contributed by atoms with Crippen LogP contribution in [0.25, 0.3) is 0 Å². The Morgan fingerprint density at radius 2 is 2.06 bits per heavy atom. The lowest BCUT2D eigenvalue weighted by Gasteiger charge is -2.08. The average Bonchev–Trinajstić information content (AvgIpc) is 2.59. The summed E-state index contributed by atoms with van der Waals surface area (Å²) in [5.41, 5.74) is -0.0725. The molecule has 2 N–H and O–H groups in total. The molecule has 0 aromatic carbocycles. The van der Waals surface area contributed by atoms with Gasteiger partial charge in [-0.25, -0.2) is 0 Å². The monoisotopic (exact) mass is 242 g/mol. The highest BCUT2D eigenvalue weighted by molar-refractivity contribution is 4.98. The van der Waals surface area contributed by atoms with Gasteiger partial charge >= 0.3 is 6.36 Å². The largest absolute Gasteiger partial charge is 0.522 e. The van der Waals surface area contributed by atoms with Crippen LogP contribution in [0.5, 0.6) is 0 Å². The van der Waals surface area contributed by atoms with Crippen LogP contribution in [-0.2, 0) is 4.74 Å². The van der Waals surface area contributed by atoms with E-state index in [1.165, 1.54) is 12.3 Å². The maximum absolute atomic E-state index is 11.5. The summed E-state index contributed by atoms with van der Waals surface area (Å²) in [6.07, 6.45) is -5.22. The minimum Gasteiger partial charge on any atom is -0.394 e. The van der Waals surface area contributed by atoms with Crippen molar-refractivity contribution in [1.82, 2.24) is 9.94 Å². The van der Waals surface area contributed by atoms with E-state index in [0.29, 0.717) is 0 Å². The maximum atomic E-state index is 11.5. The first-order valence-electron chi connectivity index (χ1n) is 4.14. The summed E-state index contributed by atoms with van der Waals surface area (Å²) in [7, 11) is 0. The molecule has 0 saturated heterocycles. The third kappa shape index (κ3) is 4.47. The van der Waals surface area contributed by atoms with E-state index in [0.717, 1.165) is 4.85 Å². The molecule has 0 aliphatic carbocycles. The van der Waals surface area contributed by atoms with Crippen LogP contribution in [0.2, 0.25) is 0 Å². The van der Waals surface area contributed by atoms with Crippen molar-refractivity contribution < 1.29 is 33.0 Å². The molecular formula is C7H9F3N2O4. The van der Waals surface area contributed by atoms with Crippen LogP contribution in [-0.4, -0.2) is 39.7 Å². The van der Waals surface area contributed by atoms with Crippen LogP contribution >= 0.6 is 0 Å². The van der Waals surface area contributed by atoms with Crippen LogP contribution in [0.4, 0.5) is 13.2 Å². The van der Waals surface area contributed by atoms with Crippen LogP contribution in [0.15, 0.2) is 12.3 Å². The van der Waals surface area contributed by atoms with E-state index >= 15 is 0 Å². The number of halogens is 3. The summed E-state index contributed by atoms with van der Waals surface area (Å²) in [4.78, 5) is 5.50. The molecule has 92 valence electrons. The second-order valence-electron chi connectivity index (χ2n) is 2.64. The number of hydrogen-bond acceptors (Lipinski definition) is 5. The molecule has 0 radical (unpaired) electrons. The number of hydrogen-bond donors (Lipinski definition) is 2. The Balaban J connectivity index is 2.27. The highest BCUT2D eigenvalue weighted by atomic mass is 19.4. The van der Waals surface area contributed by atoms with E-state index in [1.54, 1.807) is 0 Å². The van der Waals surface area contributed by atoms with Gasteiger partial charge in [-0.3, -0.25) is 4.74 Å². The first-order chi connectivity index (χ1) is 7.38. The normalized spacial score (nSPS) is 12.1. The molecule has 0 unspecified atom stereocenters. The van der Waals surface area contributed by atoms with Crippen LogP contribution < -0.4 is 4.84 Å². The number of alkyl halides is 3. The first kappa shape index (κ1) is 12.7. The van der Waals surface area contributed by atoms with E-state index in [-0.39, 0.29) is 12.3 Å². The molecule has 0 spiro atoms.